The molecule has 1 saturated heterocycles. The van der Waals surface area contributed by atoms with Gasteiger partial charge in [-0.2, -0.15) is 10.1 Å². The summed E-state index contributed by atoms with van der Waals surface area (Å²) in [6.45, 7) is 3.22. The molecule has 148 valence electrons. The predicted octanol–water partition coefficient (Wildman–Crippen LogP) is 2.12. The zero-order valence-electron chi connectivity index (χ0n) is 16.0. The maximum absolute atomic E-state index is 11.7. The van der Waals surface area contributed by atoms with Gasteiger partial charge in [-0.1, -0.05) is 12.1 Å². The van der Waals surface area contributed by atoms with Gasteiger partial charge in [0.15, 0.2) is 5.82 Å². The molecule has 4 rings (SSSR count). The zero-order chi connectivity index (χ0) is 20.1. The molecule has 0 atom stereocenters. The maximum atomic E-state index is 11.7. The van der Waals surface area contributed by atoms with Gasteiger partial charge in [0, 0.05) is 38.1 Å². The third-order valence-electron chi connectivity index (χ3n) is 4.64. The summed E-state index contributed by atoms with van der Waals surface area (Å²) < 4.78 is 4.76. The molecule has 0 bridgehead atoms. The average Bonchev–Trinajstić information content (AvgIpc) is 2.79. The average molecular weight is 391 g/mol. The van der Waals surface area contributed by atoms with Crippen LogP contribution in [-0.4, -0.2) is 59.4 Å². The fraction of sp³-hybridized carbons (Fsp3) is 0.250. The number of hydrogen-bond donors (Lipinski definition) is 1. The summed E-state index contributed by atoms with van der Waals surface area (Å²) in [7, 11) is 1.36. The molecule has 3 aromatic rings. The lowest BCUT2D eigenvalue weighted by Gasteiger charge is -2.35. The van der Waals surface area contributed by atoms with Gasteiger partial charge in [-0.3, -0.25) is 0 Å². The first-order valence-corrected chi connectivity index (χ1v) is 9.29. The molecule has 1 fully saturated rings. The molecule has 1 aromatic carbocycles. The Morgan fingerprint density at radius 1 is 1.07 bits per heavy atom. The number of nitrogens with zero attached hydrogens (tertiary/aromatic N) is 6. The summed E-state index contributed by atoms with van der Waals surface area (Å²) in [5, 5.41) is 11.4. The van der Waals surface area contributed by atoms with Crippen molar-refractivity contribution in [2.75, 3.05) is 48.4 Å². The second kappa shape index (κ2) is 8.51. The minimum absolute atomic E-state index is 0.388. The lowest BCUT2D eigenvalue weighted by Crippen LogP contribution is -2.47. The lowest BCUT2D eigenvalue weighted by molar-refractivity contribution is 0.0601. The van der Waals surface area contributed by atoms with E-state index in [1.807, 2.05) is 24.3 Å². The predicted molar refractivity (Wildman–Crippen MR) is 110 cm³/mol. The summed E-state index contributed by atoms with van der Waals surface area (Å²) in [5.41, 5.74) is 1.18. The highest BCUT2D eigenvalue weighted by molar-refractivity contribution is 5.90. The number of anilines is 4. The van der Waals surface area contributed by atoms with E-state index in [9.17, 15) is 4.79 Å². The van der Waals surface area contributed by atoms with Crippen LogP contribution in [0.15, 0.2) is 54.9 Å². The van der Waals surface area contributed by atoms with Gasteiger partial charge in [-0.25, -0.2) is 9.78 Å². The van der Waals surface area contributed by atoms with Crippen molar-refractivity contribution in [3.05, 3.63) is 60.4 Å². The summed E-state index contributed by atoms with van der Waals surface area (Å²) in [5.74, 6) is 1.72. The van der Waals surface area contributed by atoms with Crippen LogP contribution in [-0.2, 0) is 4.74 Å². The van der Waals surface area contributed by atoms with Gasteiger partial charge in [0.25, 0.3) is 0 Å². The standard InChI is InChI=1S/C20H21N7O2/c1-29-19(28)15-5-4-6-16(13-15)23-17-14-22-25-20(24-17)27-11-9-26(10-12-27)18-7-2-3-8-21-18/h2-8,13-14H,9-12H2,1H3,(H,23,24,25). The van der Waals surface area contributed by atoms with Gasteiger partial charge in [-0.05, 0) is 30.3 Å². The van der Waals surface area contributed by atoms with Crippen LogP contribution in [0.5, 0.6) is 0 Å². The number of ether oxygens (including phenoxy) is 1. The number of hydrogen-bond acceptors (Lipinski definition) is 9. The van der Waals surface area contributed by atoms with Crippen molar-refractivity contribution in [3.8, 4) is 0 Å². The van der Waals surface area contributed by atoms with Crippen molar-refractivity contribution in [1.29, 1.82) is 0 Å². The molecule has 0 unspecified atom stereocenters. The Balaban J connectivity index is 1.42. The Morgan fingerprint density at radius 2 is 1.90 bits per heavy atom. The second-order valence-electron chi connectivity index (χ2n) is 6.50. The van der Waals surface area contributed by atoms with E-state index in [-0.39, 0.29) is 5.97 Å². The topological polar surface area (TPSA) is 96.4 Å². The molecular formula is C20H21N7O2. The molecule has 1 aliphatic rings. The molecule has 0 aliphatic carbocycles. The maximum Gasteiger partial charge on any atom is 0.337 e. The van der Waals surface area contributed by atoms with Crippen LogP contribution in [0.1, 0.15) is 10.4 Å². The summed E-state index contributed by atoms with van der Waals surface area (Å²) in [6, 6.07) is 13.0. The molecule has 2 aromatic heterocycles. The van der Waals surface area contributed by atoms with Gasteiger partial charge in [0.2, 0.25) is 5.95 Å². The van der Waals surface area contributed by atoms with E-state index < -0.39 is 0 Å². The van der Waals surface area contributed by atoms with Crippen LogP contribution in [0.3, 0.4) is 0 Å². The van der Waals surface area contributed by atoms with Crippen molar-refractivity contribution >= 4 is 29.2 Å². The van der Waals surface area contributed by atoms with Gasteiger partial charge in [0.1, 0.15) is 5.82 Å². The highest BCUT2D eigenvalue weighted by Crippen LogP contribution is 2.19. The van der Waals surface area contributed by atoms with Gasteiger partial charge in [-0.15, -0.1) is 5.10 Å². The van der Waals surface area contributed by atoms with Crippen LogP contribution < -0.4 is 15.1 Å². The summed E-state index contributed by atoms with van der Waals surface area (Å²) >= 11 is 0. The molecule has 9 heteroatoms. The van der Waals surface area contributed by atoms with Crippen LogP contribution in [0.4, 0.5) is 23.3 Å². The number of pyridine rings is 1. The molecular weight excluding hydrogens is 370 g/mol. The third-order valence-corrected chi connectivity index (χ3v) is 4.64. The van der Waals surface area contributed by atoms with Gasteiger partial charge in [0.05, 0.1) is 18.9 Å². The molecule has 0 radical (unpaired) electrons. The number of esters is 1. The summed E-state index contributed by atoms with van der Waals surface area (Å²) in [4.78, 5) is 25.0. The van der Waals surface area contributed by atoms with Crippen molar-refractivity contribution < 1.29 is 9.53 Å². The number of piperazine rings is 1. The van der Waals surface area contributed by atoms with E-state index in [4.69, 9.17) is 4.74 Å². The Kier molecular flexibility index (Phi) is 5.46. The lowest BCUT2D eigenvalue weighted by atomic mass is 10.2. The second-order valence-corrected chi connectivity index (χ2v) is 6.50. The van der Waals surface area contributed by atoms with E-state index in [0.29, 0.717) is 17.3 Å². The SMILES string of the molecule is COC(=O)c1cccc(Nc2cnnc(N3CCN(c4ccccn4)CC3)n2)c1. The number of carbonyl (C=O) groups is 1. The third kappa shape index (κ3) is 4.40. The number of carbonyl (C=O) groups excluding carboxylic acids is 1. The number of rotatable bonds is 5. The van der Waals surface area contributed by atoms with E-state index in [0.717, 1.165) is 37.7 Å². The van der Waals surface area contributed by atoms with E-state index >= 15 is 0 Å². The Hall–Kier alpha value is -3.75. The molecule has 9 nitrogen and oxygen atoms in total. The number of aromatic nitrogens is 4. The number of benzene rings is 1. The normalized spacial score (nSPS) is 13.8. The molecule has 0 amide bonds. The van der Waals surface area contributed by atoms with E-state index in [1.54, 1.807) is 30.6 Å². The zero-order valence-corrected chi connectivity index (χ0v) is 16.0. The molecule has 1 N–H and O–H groups in total. The van der Waals surface area contributed by atoms with Crippen molar-refractivity contribution in [1.82, 2.24) is 20.2 Å². The fourth-order valence-corrected chi connectivity index (χ4v) is 3.15. The van der Waals surface area contributed by atoms with Crippen molar-refractivity contribution in [3.63, 3.8) is 0 Å². The highest BCUT2D eigenvalue weighted by Gasteiger charge is 2.20. The Labute approximate surface area is 168 Å². The van der Waals surface area contributed by atoms with E-state index in [2.05, 4.69) is 35.3 Å². The summed E-state index contributed by atoms with van der Waals surface area (Å²) in [6.07, 6.45) is 3.36. The molecule has 3 heterocycles. The molecule has 1 aliphatic heterocycles. The van der Waals surface area contributed by atoms with Gasteiger partial charge >= 0.3 is 5.97 Å². The Morgan fingerprint density at radius 3 is 2.66 bits per heavy atom. The van der Waals surface area contributed by atoms with Gasteiger partial charge < -0.3 is 19.9 Å². The quantitative estimate of drug-likeness (QED) is 0.656. The van der Waals surface area contributed by atoms with Crippen molar-refractivity contribution in [2.45, 2.75) is 0 Å². The Bertz CT molecular complexity index is 975. The largest absolute Gasteiger partial charge is 0.465 e. The number of nitrogens with one attached hydrogen (secondary N) is 1. The minimum Gasteiger partial charge on any atom is -0.465 e. The monoisotopic (exact) mass is 391 g/mol. The smallest absolute Gasteiger partial charge is 0.337 e. The van der Waals surface area contributed by atoms with Crippen LogP contribution in [0.2, 0.25) is 0 Å². The van der Waals surface area contributed by atoms with Crippen LogP contribution in [0, 0.1) is 0 Å². The molecule has 0 saturated carbocycles. The highest BCUT2D eigenvalue weighted by atomic mass is 16.5. The first kappa shape index (κ1) is 18.6. The van der Waals surface area contributed by atoms with Crippen LogP contribution >= 0.6 is 0 Å². The minimum atomic E-state index is -0.388. The van der Waals surface area contributed by atoms with Crippen molar-refractivity contribution in [2.24, 2.45) is 0 Å². The fourth-order valence-electron chi connectivity index (χ4n) is 3.15. The van der Waals surface area contributed by atoms with E-state index in [1.165, 1.54) is 7.11 Å². The molecule has 0 spiro atoms. The molecule has 29 heavy (non-hydrogen) atoms. The first-order chi connectivity index (χ1) is 14.2. The number of methoxy groups -OCH3 is 1. The first-order valence-electron chi connectivity index (χ1n) is 9.29. The van der Waals surface area contributed by atoms with Crippen LogP contribution in [0.25, 0.3) is 0 Å².